The minimum Gasteiger partial charge on any atom is -0.314 e. The van der Waals surface area contributed by atoms with E-state index in [-0.39, 0.29) is 0 Å². The average molecular weight is 201 g/mol. The topological polar surface area (TPSA) is 12.0 Å². The van der Waals surface area contributed by atoms with Crippen molar-refractivity contribution in [2.45, 2.75) is 45.1 Å². The van der Waals surface area contributed by atoms with Crippen molar-refractivity contribution < 1.29 is 0 Å². The second kappa shape index (κ2) is 6.72. The van der Waals surface area contributed by atoms with Gasteiger partial charge in [0.25, 0.3) is 0 Å². The summed E-state index contributed by atoms with van der Waals surface area (Å²) in [6, 6.07) is 0.840. The van der Waals surface area contributed by atoms with Gasteiger partial charge in [-0.2, -0.15) is 11.8 Å². The molecule has 0 aromatic heterocycles. The lowest BCUT2D eigenvalue weighted by Crippen LogP contribution is -2.27. The van der Waals surface area contributed by atoms with Crippen molar-refractivity contribution >= 4 is 11.8 Å². The molecule has 2 heteroatoms. The van der Waals surface area contributed by atoms with E-state index >= 15 is 0 Å². The van der Waals surface area contributed by atoms with Crippen LogP contribution in [0.2, 0.25) is 0 Å². The molecule has 1 aliphatic rings. The fourth-order valence-electron chi connectivity index (χ4n) is 2.15. The van der Waals surface area contributed by atoms with Crippen LogP contribution in [0.15, 0.2) is 0 Å². The SMILES string of the molecule is CCC1CCC(NCCCSC)C1. The van der Waals surface area contributed by atoms with Crippen molar-refractivity contribution in [3.63, 3.8) is 0 Å². The van der Waals surface area contributed by atoms with Gasteiger partial charge in [0.2, 0.25) is 0 Å². The summed E-state index contributed by atoms with van der Waals surface area (Å²) in [5, 5.41) is 3.67. The first-order valence-corrected chi connectivity index (χ1v) is 6.98. The third kappa shape index (κ3) is 4.37. The smallest absolute Gasteiger partial charge is 0.00698 e. The molecule has 1 rings (SSSR count). The Bertz CT molecular complexity index is 127. The van der Waals surface area contributed by atoms with E-state index in [2.05, 4.69) is 18.5 Å². The van der Waals surface area contributed by atoms with Gasteiger partial charge in [0.15, 0.2) is 0 Å². The second-order valence-electron chi connectivity index (χ2n) is 4.08. The molecule has 1 fully saturated rings. The molecular formula is C11H23NS. The third-order valence-electron chi connectivity index (χ3n) is 3.08. The second-order valence-corrected chi connectivity index (χ2v) is 5.07. The highest BCUT2D eigenvalue weighted by Crippen LogP contribution is 2.27. The van der Waals surface area contributed by atoms with Crippen LogP contribution >= 0.6 is 11.8 Å². The zero-order valence-electron chi connectivity index (χ0n) is 9.01. The molecule has 0 spiro atoms. The zero-order valence-corrected chi connectivity index (χ0v) is 9.83. The minimum atomic E-state index is 0.840. The summed E-state index contributed by atoms with van der Waals surface area (Å²) in [5.74, 6) is 2.31. The van der Waals surface area contributed by atoms with Gasteiger partial charge in [-0.25, -0.2) is 0 Å². The van der Waals surface area contributed by atoms with Gasteiger partial charge >= 0.3 is 0 Å². The first-order chi connectivity index (χ1) is 6.36. The standard InChI is InChI=1S/C11H23NS/c1-3-10-5-6-11(9-10)12-7-4-8-13-2/h10-12H,3-9H2,1-2H3. The molecule has 2 atom stereocenters. The summed E-state index contributed by atoms with van der Waals surface area (Å²) in [7, 11) is 0. The summed E-state index contributed by atoms with van der Waals surface area (Å²) in [5.41, 5.74) is 0. The molecule has 78 valence electrons. The van der Waals surface area contributed by atoms with Crippen molar-refractivity contribution in [2.75, 3.05) is 18.6 Å². The van der Waals surface area contributed by atoms with E-state index in [1.165, 1.54) is 44.4 Å². The lowest BCUT2D eigenvalue weighted by Gasteiger charge is -2.12. The third-order valence-corrected chi connectivity index (χ3v) is 3.77. The van der Waals surface area contributed by atoms with Gasteiger partial charge in [-0.15, -0.1) is 0 Å². The van der Waals surface area contributed by atoms with E-state index in [0.717, 1.165) is 12.0 Å². The molecule has 0 aromatic carbocycles. The van der Waals surface area contributed by atoms with E-state index in [1.807, 2.05) is 11.8 Å². The Kier molecular flexibility index (Phi) is 5.88. The molecule has 1 N–H and O–H groups in total. The van der Waals surface area contributed by atoms with Gasteiger partial charge in [-0.3, -0.25) is 0 Å². The fraction of sp³-hybridized carbons (Fsp3) is 1.00. The number of hydrogen-bond acceptors (Lipinski definition) is 2. The van der Waals surface area contributed by atoms with Gasteiger partial charge < -0.3 is 5.32 Å². The molecule has 0 bridgehead atoms. The van der Waals surface area contributed by atoms with Gasteiger partial charge in [0.05, 0.1) is 0 Å². The Labute approximate surface area is 87.1 Å². The van der Waals surface area contributed by atoms with Crippen LogP contribution in [-0.4, -0.2) is 24.6 Å². The van der Waals surface area contributed by atoms with Gasteiger partial charge in [-0.1, -0.05) is 13.3 Å². The Hall–Kier alpha value is 0.310. The molecule has 0 saturated heterocycles. The van der Waals surface area contributed by atoms with Crippen LogP contribution in [-0.2, 0) is 0 Å². The first kappa shape index (κ1) is 11.4. The maximum absolute atomic E-state index is 3.67. The molecule has 0 amide bonds. The van der Waals surface area contributed by atoms with Crippen molar-refractivity contribution in [1.29, 1.82) is 0 Å². The number of thioether (sulfide) groups is 1. The van der Waals surface area contributed by atoms with Crippen LogP contribution in [0.1, 0.15) is 39.0 Å². The summed E-state index contributed by atoms with van der Waals surface area (Å²) >= 11 is 1.95. The highest BCUT2D eigenvalue weighted by Gasteiger charge is 2.22. The van der Waals surface area contributed by atoms with Crippen molar-refractivity contribution in [3.8, 4) is 0 Å². The van der Waals surface area contributed by atoms with E-state index in [9.17, 15) is 0 Å². The maximum Gasteiger partial charge on any atom is 0.00698 e. The predicted octanol–water partition coefficient (Wildman–Crippen LogP) is 2.91. The predicted molar refractivity (Wildman–Crippen MR) is 62.4 cm³/mol. The summed E-state index contributed by atoms with van der Waals surface area (Å²) in [4.78, 5) is 0. The molecule has 1 saturated carbocycles. The van der Waals surface area contributed by atoms with Crippen LogP contribution in [0, 0.1) is 5.92 Å². The molecule has 0 aliphatic heterocycles. The molecule has 1 aliphatic carbocycles. The van der Waals surface area contributed by atoms with Crippen LogP contribution in [0.4, 0.5) is 0 Å². The number of hydrogen-bond donors (Lipinski definition) is 1. The first-order valence-electron chi connectivity index (χ1n) is 5.59. The molecule has 0 heterocycles. The van der Waals surface area contributed by atoms with Crippen LogP contribution in [0.25, 0.3) is 0 Å². The maximum atomic E-state index is 3.67. The molecule has 2 unspecified atom stereocenters. The lowest BCUT2D eigenvalue weighted by molar-refractivity contribution is 0.478. The Morgan fingerprint density at radius 1 is 1.38 bits per heavy atom. The molecular weight excluding hydrogens is 178 g/mol. The normalized spacial score (nSPS) is 28.2. The summed E-state index contributed by atoms with van der Waals surface area (Å²) in [6.07, 6.45) is 9.18. The van der Waals surface area contributed by atoms with Crippen molar-refractivity contribution in [1.82, 2.24) is 5.32 Å². The van der Waals surface area contributed by atoms with Crippen LogP contribution < -0.4 is 5.32 Å². The quantitative estimate of drug-likeness (QED) is 0.663. The monoisotopic (exact) mass is 201 g/mol. The highest BCUT2D eigenvalue weighted by atomic mass is 32.2. The summed E-state index contributed by atoms with van der Waals surface area (Å²) in [6.45, 7) is 3.54. The largest absolute Gasteiger partial charge is 0.314 e. The minimum absolute atomic E-state index is 0.840. The van der Waals surface area contributed by atoms with E-state index < -0.39 is 0 Å². The number of nitrogens with one attached hydrogen (secondary N) is 1. The van der Waals surface area contributed by atoms with Crippen LogP contribution in [0.5, 0.6) is 0 Å². The van der Waals surface area contributed by atoms with Crippen molar-refractivity contribution in [3.05, 3.63) is 0 Å². The molecule has 0 radical (unpaired) electrons. The number of rotatable bonds is 6. The zero-order chi connectivity index (χ0) is 9.52. The van der Waals surface area contributed by atoms with Crippen LogP contribution in [0.3, 0.4) is 0 Å². The Morgan fingerprint density at radius 2 is 2.23 bits per heavy atom. The van der Waals surface area contributed by atoms with Gasteiger partial charge in [0, 0.05) is 6.04 Å². The van der Waals surface area contributed by atoms with E-state index in [0.29, 0.717) is 0 Å². The van der Waals surface area contributed by atoms with Gasteiger partial charge in [0.1, 0.15) is 0 Å². The van der Waals surface area contributed by atoms with E-state index in [1.54, 1.807) is 0 Å². The van der Waals surface area contributed by atoms with E-state index in [4.69, 9.17) is 0 Å². The molecule has 0 aromatic rings. The summed E-state index contributed by atoms with van der Waals surface area (Å²) < 4.78 is 0. The Balaban J connectivity index is 1.97. The van der Waals surface area contributed by atoms with Gasteiger partial charge in [-0.05, 0) is 50.2 Å². The highest BCUT2D eigenvalue weighted by molar-refractivity contribution is 7.98. The van der Waals surface area contributed by atoms with Crippen molar-refractivity contribution in [2.24, 2.45) is 5.92 Å². The average Bonchev–Trinajstić information content (AvgIpc) is 2.60. The Morgan fingerprint density at radius 3 is 2.85 bits per heavy atom. The molecule has 1 nitrogen and oxygen atoms in total. The molecule has 13 heavy (non-hydrogen) atoms. The fourth-order valence-corrected chi connectivity index (χ4v) is 2.59. The lowest BCUT2D eigenvalue weighted by atomic mass is 10.1.